The van der Waals surface area contributed by atoms with Crippen LogP contribution in [0.25, 0.3) is 10.9 Å². The number of nitrogens with zero attached hydrogens (tertiary/aromatic N) is 2. The number of hydrogen-bond acceptors (Lipinski definition) is 6. The fourth-order valence-electron chi connectivity index (χ4n) is 4.24. The number of halogens is 1. The quantitative estimate of drug-likeness (QED) is 0.349. The van der Waals surface area contributed by atoms with E-state index in [4.69, 9.17) is 16.0 Å². The third-order valence-electron chi connectivity index (χ3n) is 6.03. The molecule has 1 aliphatic carbocycles. The molecule has 1 aliphatic rings. The van der Waals surface area contributed by atoms with Crippen molar-refractivity contribution in [1.29, 1.82) is 0 Å². The summed E-state index contributed by atoms with van der Waals surface area (Å²) in [6.07, 6.45) is 1.97. The van der Waals surface area contributed by atoms with Crippen molar-refractivity contribution in [3.05, 3.63) is 99.6 Å². The summed E-state index contributed by atoms with van der Waals surface area (Å²) < 4.78 is 5.84. The van der Waals surface area contributed by atoms with Gasteiger partial charge in [0, 0.05) is 33.5 Å². The second-order valence-corrected chi connectivity index (χ2v) is 8.95. The number of rotatable bonds is 4. The number of carbonyl (C=O) groups excluding carboxylic acids is 3. The van der Waals surface area contributed by atoms with E-state index in [1.165, 1.54) is 6.07 Å². The largest absolute Gasteiger partial charge is 0.455 e. The highest BCUT2D eigenvalue weighted by Crippen LogP contribution is 2.29. The summed E-state index contributed by atoms with van der Waals surface area (Å²) in [5.74, 6) is -0.892. The number of para-hydroxylation sites is 1. The van der Waals surface area contributed by atoms with E-state index in [-0.39, 0.29) is 11.5 Å². The van der Waals surface area contributed by atoms with Crippen molar-refractivity contribution in [2.24, 2.45) is 5.10 Å². The molecule has 0 spiro atoms. The first-order valence-corrected chi connectivity index (χ1v) is 12.0. The van der Waals surface area contributed by atoms with E-state index in [1.54, 1.807) is 31.2 Å². The van der Waals surface area contributed by atoms with Crippen molar-refractivity contribution in [3.8, 4) is 0 Å². The molecule has 4 aromatic rings. The molecule has 9 nitrogen and oxygen atoms in total. The number of hydrazine groups is 1. The molecule has 2 aromatic heterocycles. The van der Waals surface area contributed by atoms with Gasteiger partial charge in [-0.1, -0.05) is 41.9 Å². The fraction of sp³-hybridized carbons (Fsp3) is 0.148. The normalized spacial score (nSPS) is 13.7. The van der Waals surface area contributed by atoms with Crippen LogP contribution in [0.5, 0.6) is 0 Å². The molecule has 2 aromatic carbocycles. The molecule has 3 amide bonds. The number of aromatic nitrogens is 1. The maximum Gasteiger partial charge on any atom is 0.305 e. The van der Waals surface area contributed by atoms with Gasteiger partial charge in [-0.2, -0.15) is 5.10 Å². The monoisotopic (exact) mass is 515 g/mol. The maximum absolute atomic E-state index is 12.8. The number of benzene rings is 2. The number of hydrogen-bond donors (Lipinski definition) is 3. The topological polar surface area (TPSA) is 126 Å². The Labute approximate surface area is 216 Å². The summed E-state index contributed by atoms with van der Waals surface area (Å²) in [6, 6.07) is 17.4. The summed E-state index contributed by atoms with van der Waals surface area (Å²) in [5, 5.41) is 5.68. The lowest BCUT2D eigenvalue weighted by molar-refractivity contribution is 0.0829. The molecule has 2 heterocycles. The van der Waals surface area contributed by atoms with Crippen LogP contribution in [-0.4, -0.2) is 28.4 Å². The number of amides is 3. The average molecular weight is 516 g/mol. The van der Waals surface area contributed by atoms with Crippen LogP contribution < -0.4 is 16.3 Å². The van der Waals surface area contributed by atoms with Crippen LogP contribution in [0.15, 0.2) is 70.2 Å². The predicted molar refractivity (Wildman–Crippen MR) is 139 cm³/mol. The maximum atomic E-state index is 12.8. The number of fused-ring (bicyclic) bond motifs is 2. The summed E-state index contributed by atoms with van der Waals surface area (Å²) >= 11 is 5.92. The highest BCUT2D eigenvalue weighted by molar-refractivity contribution is 6.31. The molecule has 0 saturated heterocycles. The van der Waals surface area contributed by atoms with Gasteiger partial charge in [0.05, 0.1) is 11.2 Å². The van der Waals surface area contributed by atoms with E-state index >= 15 is 0 Å². The molecule has 5 rings (SSSR count). The fourth-order valence-corrected chi connectivity index (χ4v) is 4.43. The molecule has 186 valence electrons. The van der Waals surface area contributed by atoms with Crippen molar-refractivity contribution < 1.29 is 18.8 Å². The van der Waals surface area contributed by atoms with Crippen molar-refractivity contribution >= 4 is 45.9 Å². The minimum Gasteiger partial charge on any atom is -0.455 e. The second-order valence-electron chi connectivity index (χ2n) is 8.52. The Morgan fingerprint density at radius 2 is 1.76 bits per heavy atom. The van der Waals surface area contributed by atoms with Crippen molar-refractivity contribution in [3.63, 3.8) is 0 Å². The third-order valence-corrected chi connectivity index (χ3v) is 6.27. The van der Waals surface area contributed by atoms with Crippen LogP contribution in [0.1, 0.15) is 61.1 Å². The number of carbonyl (C=O) groups is 3. The Morgan fingerprint density at radius 3 is 2.59 bits per heavy atom. The van der Waals surface area contributed by atoms with E-state index in [9.17, 15) is 14.4 Å². The van der Waals surface area contributed by atoms with Crippen LogP contribution in [0.4, 0.5) is 0 Å². The van der Waals surface area contributed by atoms with Gasteiger partial charge in [-0.3, -0.25) is 25.2 Å². The van der Waals surface area contributed by atoms with Crippen molar-refractivity contribution in [2.45, 2.75) is 26.2 Å². The SMILES string of the molecule is Cc1c(C(=O)NNC(=O)c2cccc(Cl)c2)oc2c1/C(=N/NC(=O)c1ccc3ccccc3n1)CCC2. The van der Waals surface area contributed by atoms with Crippen LogP contribution in [0.3, 0.4) is 0 Å². The van der Waals surface area contributed by atoms with Crippen LogP contribution in [-0.2, 0) is 6.42 Å². The lowest BCUT2D eigenvalue weighted by Gasteiger charge is -2.13. The molecular weight excluding hydrogens is 494 g/mol. The van der Waals surface area contributed by atoms with Gasteiger partial charge in [0.2, 0.25) is 0 Å². The number of pyridine rings is 1. The first-order valence-electron chi connectivity index (χ1n) is 11.6. The van der Waals surface area contributed by atoms with E-state index in [0.29, 0.717) is 51.5 Å². The molecule has 0 saturated carbocycles. The Balaban J connectivity index is 1.30. The van der Waals surface area contributed by atoms with Crippen LogP contribution >= 0.6 is 11.6 Å². The first-order chi connectivity index (χ1) is 17.9. The lowest BCUT2D eigenvalue weighted by Crippen LogP contribution is -2.41. The highest BCUT2D eigenvalue weighted by Gasteiger charge is 2.28. The third kappa shape index (κ3) is 5.07. The minimum absolute atomic E-state index is 0.0634. The summed E-state index contributed by atoms with van der Waals surface area (Å²) in [5.41, 5.74) is 10.4. The van der Waals surface area contributed by atoms with E-state index in [0.717, 1.165) is 11.8 Å². The summed E-state index contributed by atoms with van der Waals surface area (Å²) in [7, 11) is 0. The molecule has 0 bridgehead atoms. The molecule has 0 aliphatic heterocycles. The van der Waals surface area contributed by atoms with Gasteiger partial charge in [-0.15, -0.1) is 0 Å². The van der Waals surface area contributed by atoms with Gasteiger partial charge in [-0.05, 0) is 50.1 Å². The number of furan rings is 1. The molecule has 0 radical (unpaired) electrons. The van der Waals surface area contributed by atoms with Crippen molar-refractivity contribution in [1.82, 2.24) is 21.3 Å². The second kappa shape index (κ2) is 10.2. The molecule has 10 heteroatoms. The number of nitrogens with one attached hydrogen (secondary N) is 3. The number of hydrazone groups is 1. The highest BCUT2D eigenvalue weighted by atomic mass is 35.5. The number of aryl methyl sites for hydroxylation is 1. The molecule has 0 unspecified atom stereocenters. The van der Waals surface area contributed by atoms with Gasteiger partial charge < -0.3 is 4.42 Å². The predicted octanol–water partition coefficient (Wildman–Crippen LogP) is 4.33. The van der Waals surface area contributed by atoms with Gasteiger partial charge in [0.15, 0.2) is 5.76 Å². The Hall–Kier alpha value is -4.50. The summed E-state index contributed by atoms with van der Waals surface area (Å²) in [4.78, 5) is 42.2. The Bertz CT molecular complexity index is 1580. The first kappa shape index (κ1) is 24.2. The van der Waals surface area contributed by atoms with E-state index in [1.807, 2.05) is 30.3 Å². The average Bonchev–Trinajstić information content (AvgIpc) is 3.26. The summed E-state index contributed by atoms with van der Waals surface area (Å²) in [6.45, 7) is 1.74. The van der Waals surface area contributed by atoms with Gasteiger partial charge >= 0.3 is 5.91 Å². The van der Waals surface area contributed by atoms with E-state index in [2.05, 4.69) is 26.4 Å². The zero-order valence-electron chi connectivity index (χ0n) is 19.8. The van der Waals surface area contributed by atoms with Gasteiger partial charge in [0.25, 0.3) is 11.8 Å². The van der Waals surface area contributed by atoms with Gasteiger partial charge in [-0.25, -0.2) is 10.4 Å². The van der Waals surface area contributed by atoms with E-state index < -0.39 is 17.7 Å². The zero-order chi connectivity index (χ0) is 25.9. The lowest BCUT2D eigenvalue weighted by atomic mass is 9.93. The minimum atomic E-state index is -0.606. The Morgan fingerprint density at radius 1 is 0.946 bits per heavy atom. The molecular formula is C27H22ClN5O4. The zero-order valence-corrected chi connectivity index (χ0v) is 20.6. The molecule has 0 fully saturated rings. The molecule has 3 N–H and O–H groups in total. The molecule has 0 atom stereocenters. The Kier molecular flexibility index (Phi) is 6.70. The molecule has 37 heavy (non-hydrogen) atoms. The van der Waals surface area contributed by atoms with Crippen LogP contribution in [0, 0.1) is 6.92 Å². The van der Waals surface area contributed by atoms with Gasteiger partial charge in [0.1, 0.15) is 11.5 Å². The van der Waals surface area contributed by atoms with Crippen LogP contribution in [0.2, 0.25) is 5.02 Å². The standard InChI is InChI=1S/C27H22ClN5O4/c1-15-23-20(30-32-26(35)21-13-12-16-6-2-3-9-19(16)29-21)10-5-11-22(23)37-24(15)27(36)33-31-25(34)17-7-4-8-18(28)14-17/h2-4,6-9,12-14H,5,10-11H2,1H3,(H,31,34)(H,32,35)(H,33,36)/b30-20+. The smallest absolute Gasteiger partial charge is 0.305 e. The van der Waals surface area contributed by atoms with Crippen molar-refractivity contribution in [2.75, 3.05) is 0 Å².